The summed E-state index contributed by atoms with van der Waals surface area (Å²) in [6, 6.07) is 17.0. The molecule has 6 nitrogen and oxygen atoms in total. The fraction of sp³-hybridized carbons (Fsp3) is 0.318. The van der Waals surface area contributed by atoms with Crippen LogP contribution in [0.2, 0.25) is 0 Å². The lowest BCUT2D eigenvalue weighted by Crippen LogP contribution is -2.39. The highest BCUT2D eigenvalue weighted by atomic mass is 16.2. The van der Waals surface area contributed by atoms with Crippen molar-refractivity contribution in [3.8, 4) is 0 Å². The van der Waals surface area contributed by atoms with Gasteiger partial charge in [-0.25, -0.2) is 0 Å². The first-order chi connectivity index (χ1) is 13.5. The number of amidine groups is 1. The van der Waals surface area contributed by atoms with Crippen LogP contribution in [-0.4, -0.2) is 17.6 Å². The Labute approximate surface area is 165 Å². The summed E-state index contributed by atoms with van der Waals surface area (Å²) < 4.78 is 0. The molecular formula is C22H26N4O2. The highest BCUT2D eigenvalue weighted by Gasteiger charge is 2.37. The molecule has 2 amide bonds. The molecule has 28 heavy (non-hydrogen) atoms. The summed E-state index contributed by atoms with van der Waals surface area (Å²) in [6.45, 7) is 0.874. The van der Waals surface area contributed by atoms with E-state index < -0.39 is 0 Å². The van der Waals surface area contributed by atoms with Crippen molar-refractivity contribution in [2.24, 2.45) is 17.6 Å². The van der Waals surface area contributed by atoms with Gasteiger partial charge in [0, 0.05) is 30.5 Å². The van der Waals surface area contributed by atoms with E-state index in [0.717, 1.165) is 30.4 Å². The topological polar surface area (TPSA) is 108 Å². The lowest BCUT2D eigenvalue weighted by molar-refractivity contribution is -0.133. The number of nitrogens with two attached hydrogens (primary N) is 1. The molecule has 0 aromatic heterocycles. The van der Waals surface area contributed by atoms with Gasteiger partial charge in [-0.05, 0) is 24.0 Å². The van der Waals surface area contributed by atoms with Gasteiger partial charge in [0.25, 0.3) is 0 Å². The van der Waals surface area contributed by atoms with Gasteiger partial charge in [0.2, 0.25) is 11.8 Å². The summed E-state index contributed by atoms with van der Waals surface area (Å²) >= 11 is 0. The zero-order valence-corrected chi connectivity index (χ0v) is 15.8. The molecule has 1 fully saturated rings. The molecule has 2 atom stereocenters. The number of rotatable bonds is 7. The molecule has 0 heterocycles. The second-order valence-corrected chi connectivity index (χ2v) is 7.18. The predicted octanol–water partition coefficient (Wildman–Crippen LogP) is 2.32. The summed E-state index contributed by atoms with van der Waals surface area (Å²) in [6.07, 6.45) is 2.36. The van der Waals surface area contributed by atoms with Gasteiger partial charge in [0.1, 0.15) is 5.84 Å². The highest BCUT2D eigenvalue weighted by Crippen LogP contribution is 2.32. The van der Waals surface area contributed by atoms with Crippen LogP contribution in [0, 0.1) is 17.2 Å². The monoisotopic (exact) mass is 378 g/mol. The van der Waals surface area contributed by atoms with E-state index in [-0.39, 0.29) is 29.5 Å². The van der Waals surface area contributed by atoms with E-state index in [4.69, 9.17) is 11.1 Å². The molecule has 0 radical (unpaired) electrons. The molecule has 1 saturated carbocycles. The number of hydrogen-bond donors (Lipinski definition) is 4. The second kappa shape index (κ2) is 9.17. The van der Waals surface area contributed by atoms with Crippen molar-refractivity contribution in [1.29, 1.82) is 5.41 Å². The average Bonchev–Trinajstić information content (AvgIpc) is 3.21. The van der Waals surface area contributed by atoms with Crippen molar-refractivity contribution in [3.05, 3.63) is 71.3 Å². The highest BCUT2D eigenvalue weighted by molar-refractivity contribution is 5.94. The first-order valence-electron chi connectivity index (χ1n) is 9.57. The zero-order chi connectivity index (χ0) is 19.9. The van der Waals surface area contributed by atoms with Crippen molar-refractivity contribution in [1.82, 2.24) is 10.6 Å². The molecule has 146 valence electrons. The number of carbonyl (C=O) groups is 2. The van der Waals surface area contributed by atoms with Crippen LogP contribution >= 0.6 is 0 Å². The minimum Gasteiger partial charge on any atom is -0.384 e. The van der Waals surface area contributed by atoms with E-state index >= 15 is 0 Å². The number of nitrogen functional groups attached to an aromatic ring is 1. The molecule has 0 aliphatic heterocycles. The maximum atomic E-state index is 12.6. The van der Waals surface area contributed by atoms with E-state index in [2.05, 4.69) is 10.6 Å². The Balaban J connectivity index is 1.52. The number of amides is 2. The molecule has 2 aromatic carbocycles. The molecular weight excluding hydrogens is 352 g/mol. The van der Waals surface area contributed by atoms with Crippen LogP contribution in [0.4, 0.5) is 0 Å². The van der Waals surface area contributed by atoms with Crippen LogP contribution in [0.1, 0.15) is 36.0 Å². The first kappa shape index (κ1) is 19.6. The van der Waals surface area contributed by atoms with Crippen LogP contribution in [0.3, 0.4) is 0 Å². The maximum Gasteiger partial charge on any atom is 0.224 e. The zero-order valence-electron chi connectivity index (χ0n) is 15.8. The van der Waals surface area contributed by atoms with Crippen LogP contribution in [0.25, 0.3) is 0 Å². The lowest BCUT2D eigenvalue weighted by atomic mass is 9.94. The van der Waals surface area contributed by atoms with Crippen molar-refractivity contribution >= 4 is 17.6 Å². The van der Waals surface area contributed by atoms with E-state index in [1.54, 1.807) is 12.1 Å². The second-order valence-electron chi connectivity index (χ2n) is 7.18. The van der Waals surface area contributed by atoms with Crippen molar-refractivity contribution in [3.63, 3.8) is 0 Å². The van der Waals surface area contributed by atoms with Gasteiger partial charge < -0.3 is 16.4 Å². The van der Waals surface area contributed by atoms with E-state index in [9.17, 15) is 9.59 Å². The van der Waals surface area contributed by atoms with E-state index in [1.165, 1.54) is 0 Å². The van der Waals surface area contributed by atoms with Gasteiger partial charge in [-0.15, -0.1) is 0 Å². The van der Waals surface area contributed by atoms with Crippen molar-refractivity contribution < 1.29 is 9.59 Å². The molecule has 1 aliphatic carbocycles. The summed E-state index contributed by atoms with van der Waals surface area (Å²) in [5.74, 6) is -0.665. The van der Waals surface area contributed by atoms with Gasteiger partial charge >= 0.3 is 0 Å². The predicted molar refractivity (Wildman–Crippen MR) is 108 cm³/mol. The third-order valence-corrected chi connectivity index (χ3v) is 5.23. The minimum absolute atomic E-state index is 0.0194. The first-order valence-corrected chi connectivity index (χ1v) is 9.57. The third kappa shape index (κ3) is 4.97. The standard InChI is InChI=1S/C22H26N4O2/c23-20(24)17-11-9-16(10-12-17)14-26-22(28)19-8-4-7-18(19)21(27)25-13-15-5-2-1-3-6-15/h1-3,5-6,9-12,18-19H,4,7-8,13-14H2,(H3,23,24)(H,25,27)(H,26,28)/t18-,19-/m0/s1. The summed E-state index contributed by atoms with van der Waals surface area (Å²) in [4.78, 5) is 25.2. The molecule has 5 N–H and O–H groups in total. The summed E-state index contributed by atoms with van der Waals surface area (Å²) in [5.41, 5.74) is 8.08. The SMILES string of the molecule is N=C(N)c1ccc(CNC(=O)[C@H]2CCC[C@@H]2C(=O)NCc2ccccc2)cc1. The largest absolute Gasteiger partial charge is 0.384 e. The molecule has 0 unspecified atom stereocenters. The van der Waals surface area contributed by atoms with Gasteiger partial charge in [0.05, 0.1) is 0 Å². The summed E-state index contributed by atoms with van der Waals surface area (Å²) in [5, 5.41) is 13.3. The number of carbonyl (C=O) groups excluding carboxylic acids is 2. The van der Waals surface area contributed by atoms with Crippen LogP contribution in [-0.2, 0) is 22.7 Å². The molecule has 1 aliphatic rings. The fourth-order valence-electron chi connectivity index (χ4n) is 3.63. The van der Waals surface area contributed by atoms with Crippen LogP contribution in [0.5, 0.6) is 0 Å². The van der Waals surface area contributed by atoms with E-state index in [0.29, 0.717) is 18.7 Å². The Kier molecular flexibility index (Phi) is 6.42. The van der Waals surface area contributed by atoms with Crippen molar-refractivity contribution in [2.45, 2.75) is 32.4 Å². The van der Waals surface area contributed by atoms with Gasteiger partial charge in [-0.3, -0.25) is 15.0 Å². The Hall–Kier alpha value is -3.15. The smallest absolute Gasteiger partial charge is 0.224 e. The Bertz CT molecular complexity index is 833. The Morgan fingerprint density at radius 2 is 1.36 bits per heavy atom. The van der Waals surface area contributed by atoms with Gasteiger partial charge in [-0.1, -0.05) is 61.0 Å². The molecule has 2 aromatic rings. The minimum atomic E-state index is -0.285. The van der Waals surface area contributed by atoms with Crippen molar-refractivity contribution in [2.75, 3.05) is 0 Å². The van der Waals surface area contributed by atoms with Crippen LogP contribution < -0.4 is 16.4 Å². The summed E-state index contributed by atoms with van der Waals surface area (Å²) in [7, 11) is 0. The maximum absolute atomic E-state index is 12.6. The average molecular weight is 378 g/mol. The van der Waals surface area contributed by atoms with E-state index in [1.807, 2.05) is 42.5 Å². The number of benzene rings is 2. The lowest BCUT2D eigenvalue weighted by Gasteiger charge is -2.19. The normalized spacial score (nSPS) is 18.4. The number of nitrogens with one attached hydrogen (secondary N) is 3. The Morgan fingerprint density at radius 1 is 0.857 bits per heavy atom. The number of hydrogen-bond acceptors (Lipinski definition) is 3. The fourth-order valence-corrected chi connectivity index (χ4v) is 3.63. The quantitative estimate of drug-likeness (QED) is 0.438. The molecule has 0 spiro atoms. The Morgan fingerprint density at radius 3 is 1.86 bits per heavy atom. The molecule has 0 saturated heterocycles. The molecule has 3 rings (SSSR count). The molecule has 6 heteroatoms. The molecule has 0 bridgehead atoms. The van der Waals surface area contributed by atoms with Gasteiger partial charge in [0.15, 0.2) is 0 Å². The third-order valence-electron chi connectivity index (χ3n) is 5.23. The van der Waals surface area contributed by atoms with Crippen LogP contribution in [0.15, 0.2) is 54.6 Å². The van der Waals surface area contributed by atoms with Gasteiger partial charge in [-0.2, -0.15) is 0 Å².